The van der Waals surface area contributed by atoms with Crippen LogP contribution in [0.3, 0.4) is 0 Å². The molecule has 3 rings (SSSR count). The van der Waals surface area contributed by atoms with Gasteiger partial charge in [-0.3, -0.25) is 19.7 Å². The minimum Gasteiger partial charge on any atom is -0.482 e. The van der Waals surface area contributed by atoms with Crippen LogP contribution in [0.4, 0.5) is 11.4 Å². The van der Waals surface area contributed by atoms with E-state index in [0.717, 1.165) is 43.7 Å². The van der Waals surface area contributed by atoms with Crippen molar-refractivity contribution in [2.75, 3.05) is 5.32 Å². The van der Waals surface area contributed by atoms with Gasteiger partial charge in [-0.05, 0) is 30.2 Å². The minimum atomic E-state index is -4.27. The lowest BCUT2D eigenvalue weighted by Crippen LogP contribution is -2.31. The number of unbranched alkanes of at least 4 members (excludes halogenated alkanes) is 6. The number of amides is 2. The van der Waals surface area contributed by atoms with E-state index in [1.54, 1.807) is 30.3 Å². The monoisotopic (exact) mass is 581 g/mol. The summed E-state index contributed by atoms with van der Waals surface area (Å²) in [7, 11) is -4.27. The molecular formula is C30H35N3O7S. The number of nitrogens with one attached hydrogen (secondary N) is 2. The van der Waals surface area contributed by atoms with Gasteiger partial charge in [0.2, 0.25) is 5.91 Å². The number of carbonyl (C=O) groups is 2. The van der Waals surface area contributed by atoms with Crippen LogP contribution in [0.2, 0.25) is 0 Å². The first kappa shape index (κ1) is 31.3. The topological polar surface area (TPSA) is 145 Å². The summed E-state index contributed by atoms with van der Waals surface area (Å²) >= 11 is 0. The second-order valence-electron chi connectivity index (χ2n) is 9.56. The third-order valence-electron chi connectivity index (χ3n) is 6.34. The van der Waals surface area contributed by atoms with Gasteiger partial charge in [-0.25, -0.2) is 13.1 Å². The summed E-state index contributed by atoms with van der Waals surface area (Å²) in [6, 6.07) is 18.4. The molecule has 11 heteroatoms. The van der Waals surface area contributed by atoms with Crippen LogP contribution in [0.1, 0.15) is 74.2 Å². The van der Waals surface area contributed by atoms with Gasteiger partial charge in [-0.2, -0.15) is 0 Å². The van der Waals surface area contributed by atoms with Gasteiger partial charge in [0, 0.05) is 24.1 Å². The van der Waals surface area contributed by atoms with E-state index in [-0.39, 0.29) is 40.6 Å². The lowest BCUT2D eigenvalue weighted by molar-refractivity contribution is -0.385. The zero-order chi connectivity index (χ0) is 29.7. The van der Waals surface area contributed by atoms with E-state index in [2.05, 4.69) is 17.0 Å². The maximum Gasteiger partial charge on any atom is 0.310 e. The first-order valence-corrected chi connectivity index (χ1v) is 15.1. The van der Waals surface area contributed by atoms with E-state index in [9.17, 15) is 28.1 Å². The molecule has 0 saturated carbocycles. The van der Waals surface area contributed by atoms with E-state index in [1.165, 1.54) is 36.8 Å². The second-order valence-corrected chi connectivity index (χ2v) is 11.2. The van der Waals surface area contributed by atoms with Crippen molar-refractivity contribution < 1.29 is 27.7 Å². The predicted molar refractivity (Wildman–Crippen MR) is 156 cm³/mol. The maximum absolute atomic E-state index is 13.1. The summed E-state index contributed by atoms with van der Waals surface area (Å²) < 4.78 is 33.7. The van der Waals surface area contributed by atoms with Crippen LogP contribution < -0.4 is 14.8 Å². The molecule has 10 nitrogen and oxygen atoms in total. The molecule has 0 aliphatic carbocycles. The summed E-state index contributed by atoms with van der Waals surface area (Å²) in [5, 5.41) is 14.0. The van der Waals surface area contributed by atoms with E-state index in [4.69, 9.17) is 4.74 Å². The van der Waals surface area contributed by atoms with E-state index < -0.39 is 26.8 Å². The molecule has 3 aromatic carbocycles. The molecule has 0 spiro atoms. The summed E-state index contributed by atoms with van der Waals surface area (Å²) in [6.45, 7) is 2.19. The third kappa shape index (κ3) is 9.71. The van der Waals surface area contributed by atoms with E-state index >= 15 is 0 Å². The van der Waals surface area contributed by atoms with Crippen LogP contribution in [0.15, 0.2) is 77.7 Å². The van der Waals surface area contributed by atoms with Crippen LogP contribution in [-0.2, 0) is 21.4 Å². The predicted octanol–water partition coefficient (Wildman–Crippen LogP) is 6.37. The average molecular weight is 582 g/mol. The number of hydrogen-bond acceptors (Lipinski definition) is 7. The van der Waals surface area contributed by atoms with Gasteiger partial charge in [0.15, 0.2) is 5.75 Å². The molecule has 0 aromatic heterocycles. The number of nitrogens with zero attached hydrogens (tertiary/aromatic N) is 1. The fourth-order valence-electron chi connectivity index (χ4n) is 4.15. The van der Waals surface area contributed by atoms with Crippen molar-refractivity contribution in [1.82, 2.24) is 4.72 Å². The van der Waals surface area contributed by atoms with Crippen LogP contribution in [0.5, 0.6) is 5.75 Å². The van der Waals surface area contributed by atoms with Crippen LogP contribution in [0.25, 0.3) is 0 Å². The first-order valence-electron chi connectivity index (χ1n) is 13.6. The van der Waals surface area contributed by atoms with Crippen molar-refractivity contribution in [3.05, 3.63) is 94.0 Å². The highest BCUT2D eigenvalue weighted by atomic mass is 32.2. The molecule has 41 heavy (non-hydrogen) atoms. The van der Waals surface area contributed by atoms with Gasteiger partial charge < -0.3 is 10.1 Å². The summed E-state index contributed by atoms with van der Waals surface area (Å²) in [6.07, 6.45) is 7.09. The van der Waals surface area contributed by atoms with Crippen molar-refractivity contribution in [2.24, 2.45) is 0 Å². The molecule has 0 atom stereocenters. The Balaban J connectivity index is 1.68. The van der Waals surface area contributed by atoms with Crippen LogP contribution in [0, 0.1) is 10.1 Å². The van der Waals surface area contributed by atoms with Gasteiger partial charge in [-0.1, -0.05) is 87.9 Å². The Morgan fingerprint density at radius 1 is 0.878 bits per heavy atom. The van der Waals surface area contributed by atoms with Crippen molar-refractivity contribution in [3.8, 4) is 5.75 Å². The molecule has 0 aliphatic heterocycles. The van der Waals surface area contributed by atoms with Crippen molar-refractivity contribution in [1.29, 1.82) is 0 Å². The Bertz CT molecular complexity index is 1440. The average Bonchev–Trinajstić information content (AvgIpc) is 2.96. The lowest BCUT2D eigenvalue weighted by Gasteiger charge is -2.13. The number of hydrogen-bond donors (Lipinski definition) is 2. The zero-order valence-corrected chi connectivity index (χ0v) is 23.8. The highest BCUT2D eigenvalue weighted by Gasteiger charge is 2.23. The first-order chi connectivity index (χ1) is 19.7. The number of anilines is 1. The number of para-hydroxylation sites is 1. The number of benzene rings is 3. The molecule has 2 N–H and O–H groups in total. The fourth-order valence-corrected chi connectivity index (χ4v) is 5.33. The maximum atomic E-state index is 13.1. The van der Waals surface area contributed by atoms with Gasteiger partial charge in [0.05, 0.1) is 10.6 Å². The molecular weight excluding hydrogens is 546 g/mol. The molecule has 0 saturated heterocycles. The van der Waals surface area contributed by atoms with Crippen LogP contribution in [-0.4, -0.2) is 25.2 Å². The summed E-state index contributed by atoms with van der Waals surface area (Å²) in [5.74, 6) is -1.43. The standard InChI is InChI=1S/C30H35N3O7S/c1-2-3-4-5-6-7-11-18-29(34)32-41(38,39)28-17-13-12-16-25(28)31-30(35)24-19-20-26(33(36)37)27(21-24)40-22-23-14-9-8-10-15-23/h8-10,12-17,19-21H,2-7,11,18,22H2,1H3,(H,31,35)(H,32,34). The van der Waals surface area contributed by atoms with Crippen molar-refractivity contribution in [2.45, 2.75) is 69.8 Å². The number of nitro benzene ring substituents is 1. The van der Waals surface area contributed by atoms with Crippen molar-refractivity contribution in [3.63, 3.8) is 0 Å². The Morgan fingerprint density at radius 3 is 2.24 bits per heavy atom. The Labute approximate surface area is 240 Å². The highest BCUT2D eigenvalue weighted by molar-refractivity contribution is 7.90. The second kappa shape index (κ2) is 15.5. The van der Waals surface area contributed by atoms with Gasteiger partial charge in [0.25, 0.3) is 15.9 Å². The lowest BCUT2D eigenvalue weighted by atomic mass is 10.1. The van der Waals surface area contributed by atoms with E-state index in [0.29, 0.717) is 6.42 Å². The molecule has 2 amide bonds. The molecule has 0 unspecified atom stereocenters. The molecule has 218 valence electrons. The third-order valence-corrected chi connectivity index (χ3v) is 7.77. The van der Waals surface area contributed by atoms with E-state index in [1.807, 2.05) is 6.07 Å². The fraction of sp³-hybridized carbons (Fsp3) is 0.333. The molecule has 0 aliphatic rings. The normalized spacial score (nSPS) is 11.0. The molecule has 0 heterocycles. The Hall–Kier alpha value is -4.25. The largest absolute Gasteiger partial charge is 0.482 e. The summed E-state index contributed by atoms with van der Waals surface area (Å²) in [5.41, 5.74) is 0.446. The number of ether oxygens (including phenoxy) is 1. The smallest absolute Gasteiger partial charge is 0.310 e. The van der Waals surface area contributed by atoms with Crippen LogP contribution >= 0.6 is 0 Å². The number of nitro groups is 1. The SMILES string of the molecule is CCCCCCCCCC(=O)NS(=O)(=O)c1ccccc1NC(=O)c1ccc([N+](=O)[O-])c(OCc2ccccc2)c1. The van der Waals surface area contributed by atoms with Gasteiger partial charge >= 0.3 is 5.69 Å². The summed E-state index contributed by atoms with van der Waals surface area (Å²) in [4.78, 5) is 36.1. The Morgan fingerprint density at radius 2 is 1.54 bits per heavy atom. The quantitative estimate of drug-likeness (QED) is 0.114. The molecule has 0 bridgehead atoms. The molecule has 0 radical (unpaired) electrons. The molecule has 0 fully saturated rings. The number of sulfonamides is 1. The Kier molecular flexibility index (Phi) is 11.8. The number of rotatable bonds is 16. The van der Waals surface area contributed by atoms with Gasteiger partial charge in [-0.15, -0.1) is 0 Å². The zero-order valence-electron chi connectivity index (χ0n) is 23.0. The highest BCUT2D eigenvalue weighted by Crippen LogP contribution is 2.30. The number of carbonyl (C=O) groups excluding carboxylic acids is 2. The minimum absolute atomic E-state index is 0.0221. The van der Waals surface area contributed by atoms with Crippen molar-refractivity contribution >= 4 is 33.2 Å². The molecule has 3 aromatic rings. The van der Waals surface area contributed by atoms with Gasteiger partial charge in [0.1, 0.15) is 11.5 Å².